The molecule has 0 saturated heterocycles. The highest BCUT2D eigenvalue weighted by atomic mass is 16.3. The zero-order chi connectivity index (χ0) is 17.8. The monoisotopic (exact) mass is 334 g/mol. The summed E-state index contributed by atoms with van der Waals surface area (Å²) in [6.07, 6.45) is 12.1. The van der Waals surface area contributed by atoms with Gasteiger partial charge in [-0.1, -0.05) is 71.3 Å². The topological polar surface area (TPSA) is 57.5 Å². The maximum absolute atomic E-state index is 11.9. The van der Waals surface area contributed by atoms with Gasteiger partial charge < -0.3 is 10.2 Å². The Kier molecular flexibility index (Phi) is 10.2. The maximum Gasteiger partial charge on any atom is 0.137 e. The molecule has 0 spiro atoms. The first kappa shape index (κ1) is 20.5. The molecule has 0 radical (unpaired) electrons. The van der Waals surface area contributed by atoms with E-state index >= 15 is 0 Å². The zero-order valence-electron chi connectivity index (χ0n) is 15.4. The minimum Gasteiger partial charge on any atom is -0.508 e. The molecule has 0 aliphatic heterocycles. The highest BCUT2D eigenvalue weighted by Crippen LogP contribution is 2.23. The van der Waals surface area contributed by atoms with Crippen LogP contribution in [0.5, 0.6) is 11.5 Å². The molecule has 24 heavy (non-hydrogen) atoms. The van der Waals surface area contributed by atoms with Crippen LogP contribution in [-0.4, -0.2) is 16.0 Å². The lowest BCUT2D eigenvalue weighted by molar-refractivity contribution is -0.118. The van der Waals surface area contributed by atoms with Gasteiger partial charge in [0.1, 0.15) is 17.3 Å². The van der Waals surface area contributed by atoms with Gasteiger partial charge in [0.05, 0.1) is 0 Å². The number of carbonyl (C=O) groups excluding carboxylic acids is 1. The Hall–Kier alpha value is -1.51. The maximum atomic E-state index is 11.9. The predicted molar refractivity (Wildman–Crippen MR) is 99.5 cm³/mol. The highest BCUT2D eigenvalue weighted by Gasteiger charge is 2.08. The van der Waals surface area contributed by atoms with E-state index < -0.39 is 0 Å². The molecule has 3 nitrogen and oxygen atoms in total. The number of ketones is 1. The summed E-state index contributed by atoms with van der Waals surface area (Å²) in [5.74, 6) is 1.00. The first-order valence-electron chi connectivity index (χ1n) is 9.51. The van der Waals surface area contributed by atoms with E-state index in [1.807, 2.05) is 0 Å². The van der Waals surface area contributed by atoms with Crippen LogP contribution in [0.4, 0.5) is 0 Å². The van der Waals surface area contributed by atoms with Crippen LogP contribution in [0.1, 0.15) is 83.6 Å². The Labute approximate surface area is 147 Å². The molecule has 0 aliphatic carbocycles. The summed E-state index contributed by atoms with van der Waals surface area (Å²) in [7, 11) is 0. The molecule has 0 amide bonds. The number of phenols is 2. The quantitative estimate of drug-likeness (QED) is 0.450. The Morgan fingerprint density at radius 3 is 2.08 bits per heavy atom. The second-order valence-corrected chi connectivity index (χ2v) is 7.29. The van der Waals surface area contributed by atoms with Crippen molar-refractivity contribution in [1.82, 2.24) is 0 Å². The molecule has 136 valence electrons. The third-order valence-electron chi connectivity index (χ3n) is 4.44. The van der Waals surface area contributed by atoms with E-state index in [0.717, 1.165) is 18.8 Å². The van der Waals surface area contributed by atoms with E-state index in [2.05, 4.69) is 13.8 Å². The third-order valence-corrected chi connectivity index (χ3v) is 4.44. The molecule has 0 fully saturated rings. The Morgan fingerprint density at radius 2 is 1.50 bits per heavy atom. The Bertz CT molecular complexity index is 480. The molecule has 1 rings (SSSR count). The lowest BCUT2D eigenvalue weighted by atomic mass is 10.0. The lowest BCUT2D eigenvalue weighted by Gasteiger charge is -2.06. The Morgan fingerprint density at radius 1 is 0.917 bits per heavy atom. The first-order chi connectivity index (χ1) is 11.5. The lowest BCUT2D eigenvalue weighted by Crippen LogP contribution is -2.02. The van der Waals surface area contributed by atoms with Gasteiger partial charge in [0.15, 0.2) is 0 Å². The number of hydrogen-bond acceptors (Lipinski definition) is 3. The SMILES string of the molecule is CC(C)CCCCCCCCCCC(=O)Cc1ccc(O)cc1O. The summed E-state index contributed by atoms with van der Waals surface area (Å²) >= 11 is 0. The third kappa shape index (κ3) is 9.59. The molecule has 0 bridgehead atoms. The van der Waals surface area contributed by atoms with Crippen LogP contribution in [0.3, 0.4) is 0 Å². The highest BCUT2D eigenvalue weighted by molar-refractivity contribution is 5.81. The largest absolute Gasteiger partial charge is 0.508 e. The molecule has 0 saturated carbocycles. The smallest absolute Gasteiger partial charge is 0.137 e. The average Bonchev–Trinajstić information content (AvgIpc) is 2.51. The molecule has 1 aromatic carbocycles. The van der Waals surface area contributed by atoms with Crippen LogP contribution in [0.15, 0.2) is 18.2 Å². The summed E-state index contributed by atoms with van der Waals surface area (Å²) in [6.45, 7) is 4.56. The number of benzene rings is 1. The molecule has 2 N–H and O–H groups in total. The van der Waals surface area contributed by atoms with Crippen LogP contribution in [0.25, 0.3) is 0 Å². The fourth-order valence-corrected chi connectivity index (χ4v) is 2.94. The van der Waals surface area contributed by atoms with Crippen LogP contribution >= 0.6 is 0 Å². The van der Waals surface area contributed by atoms with Crippen LogP contribution in [0.2, 0.25) is 0 Å². The number of rotatable bonds is 13. The van der Waals surface area contributed by atoms with Gasteiger partial charge in [-0.15, -0.1) is 0 Å². The second-order valence-electron chi connectivity index (χ2n) is 7.29. The van der Waals surface area contributed by atoms with Crippen LogP contribution < -0.4 is 0 Å². The first-order valence-corrected chi connectivity index (χ1v) is 9.51. The summed E-state index contributed by atoms with van der Waals surface area (Å²) in [5.41, 5.74) is 0.596. The van der Waals surface area contributed by atoms with E-state index in [4.69, 9.17) is 0 Å². The van der Waals surface area contributed by atoms with E-state index in [9.17, 15) is 15.0 Å². The van der Waals surface area contributed by atoms with Gasteiger partial charge >= 0.3 is 0 Å². The van der Waals surface area contributed by atoms with Crippen molar-refractivity contribution >= 4 is 5.78 Å². The van der Waals surface area contributed by atoms with E-state index in [1.165, 1.54) is 57.1 Å². The normalized spacial score (nSPS) is 11.1. The molecule has 3 heteroatoms. The van der Waals surface area contributed by atoms with Crippen molar-refractivity contribution in [1.29, 1.82) is 0 Å². The predicted octanol–water partition coefficient (Wildman–Crippen LogP) is 5.77. The Balaban J connectivity index is 2.00. The fraction of sp³-hybridized carbons (Fsp3) is 0.667. The second kappa shape index (κ2) is 11.9. The van der Waals surface area contributed by atoms with Crippen molar-refractivity contribution in [3.63, 3.8) is 0 Å². The van der Waals surface area contributed by atoms with Gasteiger partial charge in [0.25, 0.3) is 0 Å². The molecular weight excluding hydrogens is 300 g/mol. The van der Waals surface area contributed by atoms with Crippen LogP contribution in [0, 0.1) is 5.92 Å². The van der Waals surface area contributed by atoms with Crippen molar-refractivity contribution < 1.29 is 15.0 Å². The van der Waals surface area contributed by atoms with Crippen LogP contribution in [-0.2, 0) is 11.2 Å². The minimum atomic E-state index is 0.000756. The molecular formula is C21H34O3. The number of hydrogen-bond donors (Lipinski definition) is 2. The molecule has 0 aromatic heterocycles. The molecule has 0 atom stereocenters. The standard InChI is InChI=1S/C21H34O3/c1-17(2)11-9-7-5-3-4-6-8-10-12-19(22)15-18-13-14-20(23)16-21(18)24/h13-14,16-17,23-24H,3-12,15H2,1-2H3. The zero-order valence-corrected chi connectivity index (χ0v) is 15.4. The van der Waals surface area contributed by atoms with E-state index in [0.29, 0.717) is 12.0 Å². The van der Waals surface area contributed by atoms with Gasteiger partial charge in [0, 0.05) is 24.5 Å². The number of Topliss-reactive ketones (excluding diaryl/α,β-unsaturated/α-hetero) is 1. The minimum absolute atomic E-state index is 0.000756. The van der Waals surface area contributed by atoms with Crippen molar-refractivity contribution in [3.05, 3.63) is 23.8 Å². The summed E-state index contributed by atoms with van der Waals surface area (Å²) in [4.78, 5) is 11.9. The number of unbranched alkanes of at least 4 members (excludes halogenated alkanes) is 7. The average molecular weight is 334 g/mol. The van der Waals surface area contributed by atoms with Gasteiger partial charge in [0.2, 0.25) is 0 Å². The summed E-state index contributed by atoms with van der Waals surface area (Å²) in [6, 6.07) is 4.40. The number of aromatic hydroxyl groups is 2. The van der Waals surface area contributed by atoms with Crippen molar-refractivity contribution in [2.45, 2.75) is 84.5 Å². The van der Waals surface area contributed by atoms with Gasteiger partial charge in [-0.25, -0.2) is 0 Å². The molecule has 0 heterocycles. The number of carbonyl (C=O) groups is 1. The van der Waals surface area contributed by atoms with Gasteiger partial charge in [-0.2, -0.15) is 0 Å². The van der Waals surface area contributed by atoms with Crippen molar-refractivity contribution in [3.8, 4) is 11.5 Å². The van der Waals surface area contributed by atoms with Crippen molar-refractivity contribution in [2.24, 2.45) is 5.92 Å². The summed E-state index contributed by atoms with van der Waals surface area (Å²) < 4.78 is 0. The van der Waals surface area contributed by atoms with Gasteiger partial charge in [-0.3, -0.25) is 4.79 Å². The molecule has 0 unspecified atom stereocenters. The molecule has 1 aromatic rings. The van der Waals surface area contributed by atoms with Crippen molar-refractivity contribution in [2.75, 3.05) is 0 Å². The van der Waals surface area contributed by atoms with E-state index in [-0.39, 0.29) is 23.7 Å². The van der Waals surface area contributed by atoms with E-state index in [1.54, 1.807) is 6.07 Å². The number of phenolic OH excluding ortho intramolecular Hbond substituents is 2. The molecule has 0 aliphatic rings. The fourth-order valence-electron chi connectivity index (χ4n) is 2.94. The summed E-state index contributed by atoms with van der Waals surface area (Å²) in [5, 5.41) is 18.9. The van der Waals surface area contributed by atoms with Gasteiger partial charge in [-0.05, 0) is 18.4 Å².